The van der Waals surface area contributed by atoms with Crippen molar-refractivity contribution >= 4 is 34.3 Å². The number of nitrogens with zero attached hydrogens (tertiary/aromatic N) is 2. The second-order valence-corrected chi connectivity index (χ2v) is 9.11. The van der Waals surface area contributed by atoms with Gasteiger partial charge in [-0.05, 0) is 41.0 Å². The Kier molecular flexibility index (Phi) is 6.23. The Bertz CT molecular complexity index is 1260. The Hall–Kier alpha value is -3.75. The number of morpholine rings is 1. The summed E-state index contributed by atoms with van der Waals surface area (Å²) in [4.78, 5) is 42.1. The van der Waals surface area contributed by atoms with E-state index in [1.165, 1.54) is 0 Å². The maximum atomic E-state index is 13.4. The number of rotatable bonds is 6. The van der Waals surface area contributed by atoms with Gasteiger partial charge < -0.3 is 15.4 Å². The number of urea groups is 1. The molecule has 0 unspecified atom stereocenters. The summed E-state index contributed by atoms with van der Waals surface area (Å²) < 4.78 is 5.38. The summed E-state index contributed by atoms with van der Waals surface area (Å²) in [6.45, 7) is 5.45. The van der Waals surface area contributed by atoms with E-state index >= 15 is 0 Å². The molecule has 0 bridgehead atoms. The van der Waals surface area contributed by atoms with Gasteiger partial charge in [0.2, 0.25) is 5.91 Å². The first-order valence-electron chi connectivity index (χ1n) is 11.8. The number of hydrogen-bond donors (Lipinski definition) is 2. The minimum absolute atomic E-state index is 0.361. The van der Waals surface area contributed by atoms with Crippen molar-refractivity contribution in [2.45, 2.75) is 19.0 Å². The van der Waals surface area contributed by atoms with Gasteiger partial charge in [0.1, 0.15) is 12.1 Å². The summed E-state index contributed by atoms with van der Waals surface area (Å²) in [6, 6.07) is 20.4. The second kappa shape index (κ2) is 9.48. The van der Waals surface area contributed by atoms with Crippen molar-refractivity contribution in [3.05, 3.63) is 77.9 Å². The largest absolute Gasteiger partial charge is 0.379 e. The molecule has 2 aliphatic rings. The van der Waals surface area contributed by atoms with Crippen LogP contribution in [0, 0.1) is 0 Å². The number of ether oxygens (including phenoxy) is 1. The third-order valence-electron chi connectivity index (χ3n) is 6.65. The van der Waals surface area contributed by atoms with Crippen LogP contribution < -0.4 is 10.6 Å². The van der Waals surface area contributed by atoms with Crippen molar-refractivity contribution in [2.24, 2.45) is 0 Å². The molecule has 35 heavy (non-hydrogen) atoms. The maximum Gasteiger partial charge on any atom is 0.325 e. The Balaban J connectivity index is 1.25. The highest BCUT2D eigenvalue weighted by Crippen LogP contribution is 2.33. The van der Waals surface area contributed by atoms with Crippen LogP contribution in [0.1, 0.15) is 18.1 Å². The molecule has 0 spiro atoms. The smallest absolute Gasteiger partial charge is 0.325 e. The van der Waals surface area contributed by atoms with Gasteiger partial charge in [0.15, 0.2) is 0 Å². The van der Waals surface area contributed by atoms with Gasteiger partial charge in [0.05, 0.1) is 13.2 Å². The molecule has 2 aliphatic heterocycles. The Morgan fingerprint density at radius 1 is 1.00 bits per heavy atom. The lowest BCUT2D eigenvalue weighted by Crippen LogP contribution is -2.42. The third kappa shape index (κ3) is 4.62. The summed E-state index contributed by atoms with van der Waals surface area (Å²) in [5, 5.41) is 7.45. The number of imide groups is 1. The molecule has 2 N–H and O–H groups in total. The van der Waals surface area contributed by atoms with Crippen LogP contribution in [0.4, 0.5) is 10.5 Å². The molecule has 4 amide bonds. The molecule has 3 aromatic carbocycles. The van der Waals surface area contributed by atoms with Crippen LogP contribution in [0.15, 0.2) is 66.7 Å². The van der Waals surface area contributed by atoms with E-state index in [1.54, 1.807) is 6.92 Å². The fourth-order valence-electron chi connectivity index (χ4n) is 4.74. The molecule has 5 rings (SSSR count). The van der Waals surface area contributed by atoms with Gasteiger partial charge in [-0.25, -0.2) is 4.79 Å². The fourth-order valence-corrected chi connectivity index (χ4v) is 4.74. The van der Waals surface area contributed by atoms with Gasteiger partial charge in [-0.1, -0.05) is 54.6 Å². The lowest BCUT2D eigenvalue weighted by atomic mass is 9.88. The summed E-state index contributed by atoms with van der Waals surface area (Å²) in [5.74, 6) is -0.883. The molecule has 180 valence electrons. The van der Waals surface area contributed by atoms with Gasteiger partial charge >= 0.3 is 6.03 Å². The van der Waals surface area contributed by atoms with Gasteiger partial charge in [-0.2, -0.15) is 0 Å². The minimum Gasteiger partial charge on any atom is -0.379 e. The van der Waals surface area contributed by atoms with Crippen LogP contribution in [0.2, 0.25) is 0 Å². The van der Waals surface area contributed by atoms with E-state index in [0.717, 1.165) is 54.1 Å². The number of benzene rings is 3. The van der Waals surface area contributed by atoms with E-state index in [2.05, 4.69) is 15.5 Å². The lowest BCUT2D eigenvalue weighted by Gasteiger charge is -2.26. The van der Waals surface area contributed by atoms with E-state index in [1.807, 2.05) is 66.7 Å². The average molecular weight is 473 g/mol. The molecule has 8 nitrogen and oxygen atoms in total. The summed E-state index contributed by atoms with van der Waals surface area (Å²) in [6.07, 6.45) is 0. The van der Waals surface area contributed by atoms with Crippen molar-refractivity contribution < 1.29 is 19.1 Å². The van der Waals surface area contributed by atoms with E-state index in [0.29, 0.717) is 11.3 Å². The number of anilines is 1. The van der Waals surface area contributed by atoms with E-state index < -0.39 is 23.4 Å². The van der Waals surface area contributed by atoms with Crippen LogP contribution in [0.25, 0.3) is 10.8 Å². The Morgan fingerprint density at radius 2 is 1.71 bits per heavy atom. The van der Waals surface area contributed by atoms with E-state index in [-0.39, 0.29) is 6.54 Å². The first-order valence-corrected chi connectivity index (χ1v) is 11.8. The monoisotopic (exact) mass is 472 g/mol. The summed E-state index contributed by atoms with van der Waals surface area (Å²) >= 11 is 0. The fraction of sp³-hybridized carbons (Fsp3) is 0.296. The molecule has 0 saturated carbocycles. The average Bonchev–Trinajstić information content (AvgIpc) is 3.09. The minimum atomic E-state index is -1.25. The number of carbonyl (C=O) groups excluding carboxylic acids is 3. The normalized spacial score (nSPS) is 20.8. The number of fused-ring (bicyclic) bond motifs is 1. The lowest BCUT2D eigenvalue weighted by molar-refractivity contribution is -0.133. The summed E-state index contributed by atoms with van der Waals surface area (Å²) in [7, 11) is 0. The van der Waals surface area contributed by atoms with Gasteiger partial charge in [-0.15, -0.1) is 0 Å². The Morgan fingerprint density at radius 3 is 2.49 bits per heavy atom. The van der Waals surface area contributed by atoms with Crippen LogP contribution in [0.5, 0.6) is 0 Å². The topological polar surface area (TPSA) is 91.0 Å². The molecule has 0 aliphatic carbocycles. The van der Waals surface area contributed by atoms with Crippen LogP contribution >= 0.6 is 0 Å². The molecule has 2 heterocycles. The standard InChI is InChI=1S/C27H28N4O4/c1-27(23-8-4-6-20-5-2-3-7-22(20)23)25(33)31(26(34)29-27)18-24(32)28-21-11-9-19(10-12-21)17-30-13-15-35-16-14-30/h2-12H,13-18H2,1H3,(H,28,32)(H,29,34)/t27-/m0/s1. The van der Waals surface area contributed by atoms with Crippen LogP contribution in [-0.4, -0.2) is 60.5 Å². The first-order chi connectivity index (χ1) is 16.9. The molecule has 0 aromatic heterocycles. The first kappa shape index (κ1) is 23.0. The van der Waals surface area contributed by atoms with Crippen LogP contribution in [-0.2, 0) is 26.4 Å². The quantitative estimate of drug-likeness (QED) is 0.538. The molecule has 3 aromatic rings. The van der Waals surface area contributed by atoms with E-state index in [9.17, 15) is 14.4 Å². The van der Waals surface area contributed by atoms with Gasteiger partial charge in [-0.3, -0.25) is 19.4 Å². The maximum absolute atomic E-state index is 13.4. The number of nitrogens with one attached hydrogen (secondary N) is 2. The third-order valence-corrected chi connectivity index (χ3v) is 6.65. The van der Waals surface area contributed by atoms with Crippen molar-refractivity contribution in [1.82, 2.24) is 15.1 Å². The molecular formula is C27H28N4O4. The molecular weight excluding hydrogens is 444 g/mol. The van der Waals surface area contributed by atoms with Crippen molar-refractivity contribution in [3.63, 3.8) is 0 Å². The van der Waals surface area contributed by atoms with Crippen molar-refractivity contribution in [2.75, 3.05) is 38.2 Å². The Labute approximate surface area is 203 Å². The zero-order valence-electron chi connectivity index (χ0n) is 19.6. The van der Waals surface area contributed by atoms with E-state index in [4.69, 9.17) is 4.74 Å². The van der Waals surface area contributed by atoms with Crippen LogP contribution in [0.3, 0.4) is 0 Å². The molecule has 2 fully saturated rings. The van der Waals surface area contributed by atoms with Gasteiger partial charge in [0, 0.05) is 25.3 Å². The predicted molar refractivity (Wildman–Crippen MR) is 133 cm³/mol. The predicted octanol–water partition coefficient (Wildman–Crippen LogP) is 3.08. The van der Waals surface area contributed by atoms with Gasteiger partial charge in [0.25, 0.3) is 5.91 Å². The molecule has 0 radical (unpaired) electrons. The zero-order valence-corrected chi connectivity index (χ0v) is 19.6. The van der Waals surface area contributed by atoms with Crippen molar-refractivity contribution in [1.29, 1.82) is 0 Å². The SMILES string of the molecule is C[C@@]1(c2cccc3ccccc23)NC(=O)N(CC(=O)Nc2ccc(CN3CCOCC3)cc2)C1=O. The van der Waals surface area contributed by atoms with Crippen molar-refractivity contribution in [3.8, 4) is 0 Å². The highest BCUT2D eigenvalue weighted by Gasteiger charge is 2.50. The number of hydrogen-bond acceptors (Lipinski definition) is 5. The molecule has 2 saturated heterocycles. The molecule has 1 atom stereocenters. The highest BCUT2D eigenvalue weighted by atomic mass is 16.5. The summed E-state index contributed by atoms with van der Waals surface area (Å²) in [5.41, 5.74) is 1.21. The zero-order chi connectivity index (χ0) is 24.4. The highest BCUT2D eigenvalue weighted by molar-refractivity contribution is 6.11. The molecule has 8 heteroatoms. The number of amides is 4. The number of carbonyl (C=O) groups is 3. The second-order valence-electron chi connectivity index (χ2n) is 9.11.